The van der Waals surface area contributed by atoms with E-state index in [4.69, 9.17) is 9.47 Å². The Morgan fingerprint density at radius 3 is 3.00 bits per heavy atom. The van der Waals surface area contributed by atoms with Gasteiger partial charge in [-0.1, -0.05) is 18.7 Å². The van der Waals surface area contributed by atoms with E-state index in [-0.39, 0.29) is 5.60 Å². The fourth-order valence-corrected chi connectivity index (χ4v) is 1.77. The summed E-state index contributed by atoms with van der Waals surface area (Å²) in [4.78, 5) is 0. The van der Waals surface area contributed by atoms with E-state index in [1.165, 1.54) is 11.8 Å². The summed E-state index contributed by atoms with van der Waals surface area (Å²) in [6.45, 7) is 7.69. The molecule has 0 fully saturated rings. The van der Waals surface area contributed by atoms with Crippen molar-refractivity contribution in [3.8, 4) is 11.5 Å². The number of fused-ring (bicyclic) bond motifs is 1. The average Bonchev–Trinajstić information content (AvgIpc) is 2.41. The molecule has 0 bridgehead atoms. The smallest absolute Gasteiger partial charge is 0.168 e. The second kappa shape index (κ2) is 3.05. The first-order valence-electron chi connectivity index (χ1n) is 4.71. The van der Waals surface area contributed by atoms with Gasteiger partial charge < -0.3 is 9.47 Å². The van der Waals surface area contributed by atoms with Crippen molar-refractivity contribution in [3.05, 3.63) is 36.6 Å². The zero-order valence-electron chi connectivity index (χ0n) is 8.54. The summed E-state index contributed by atoms with van der Waals surface area (Å²) in [6, 6.07) is 5.93. The minimum Gasteiger partial charge on any atom is -0.483 e. The van der Waals surface area contributed by atoms with Gasteiger partial charge in [0.25, 0.3) is 0 Å². The Kier molecular flexibility index (Phi) is 1.99. The van der Waals surface area contributed by atoms with Gasteiger partial charge in [0.2, 0.25) is 0 Å². The summed E-state index contributed by atoms with van der Waals surface area (Å²) in [5, 5.41) is 0. The van der Waals surface area contributed by atoms with Gasteiger partial charge >= 0.3 is 0 Å². The topological polar surface area (TPSA) is 18.5 Å². The van der Waals surface area contributed by atoms with Crippen LogP contribution in [0.1, 0.15) is 19.4 Å². The lowest BCUT2D eigenvalue weighted by Gasteiger charge is -2.17. The summed E-state index contributed by atoms with van der Waals surface area (Å²) in [5.74, 6) is 1.61. The van der Waals surface area contributed by atoms with E-state index < -0.39 is 0 Å². The van der Waals surface area contributed by atoms with Crippen molar-refractivity contribution in [1.29, 1.82) is 0 Å². The second-order valence-electron chi connectivity index (χ2n) is 4.07. The van der Waals surface area contributed by atoms with E-state index in [1.807, 2.05) is 12.1 Å². The highest BCUT2D eigenvalue weighted by molar-refractivity contribution is 5.50. The predicted molar refractivity (Wildman–Crippen MR) is 55.7 cm³/mol. The molecule has 1 aliphatic heterocycles. The summed E-state index contributed by atoms with van der Waals surface area (Å²) in [6.07, 6.45) is 2.35. The number of para-hydroxylation sites is 1. The highest BCUT2D eigenvalue weighted by atomic mass is 16.5. The normalized spacial score (nSPS) is 17.0. The van der Waals surface area contributed by atoms with Gasteiger partial charge in [-0.3, -0.25) is 0 Å². The predicted octanol–water partition coefficient (Wildman–Crippen LogP) is 2.92. The fourth-order valence-electron chi connectivity index (χ4n) is 1.77. The number of benzene rings is 1. The maximum atomic E-state index is 5.81. The number of rotatable bonds is 2. The zero-order chi connectivity index (χ0) is 10.2. The molecule has 0 N–H and O–H groups in total. The van der Waals surface area contributed by atoms with Gasteiger partial charge in [-0.2, -0.15) is 0 Å². The molecule has 0 unspecified atom stereocenters. The van der Waals surface area contributed by atoms with E-state index in [0.29, 0.717) is 0 Å². The van der Waals surface area contributed by atoms with E-state index >= 15 is 0 Å². The van der Waals surface area contributed by atoms with Crippen LogP contribution < -0.4 is 9.47 Å². The molecule has 0 atom stereocenters. The van der Waals surface area contributed by atoms with Crippen molar-refractivity contribution >= 4 is 0 Å². The van der Waals surface area contributed by atoms with E-state index in [2.05, 4.69) is 26.5 Å². The summed E-state index contributed by atoms with van der Waals surface area (Å²) < 4.78 is 11.1. The Hall–Kier alpha value is -1.44. The molecule has 0 radical (unpaired) electrons. The van der Waals surface area contributed by atoms with Crippen molar-refractivity contribution in [2.24, 2.45) is 0 Å². The quantitative estimate of drug-likeness (QED) is 0.667. The maximum absolute atomic E-state index is 5.81. The van der Waals surface area contributed by atoms with Gasteiger partial charge in [-0.05, 0) is 19.9 Å². The van der Waals surface area contributed by atoms with Crippen LogP contribution in [0.2, 0.25) is 0 Å². The molecule has 1 heterocycles. The first-order valence-corrected chi connectivity index (χ1v) is 4.71. The van der Waals surface area contributed by atoms with Crippen molar-refractivity contribution in [1.82, 2.24) is 0 Å². The summed E-state index contributed by atoms with van der Waals surface area (Å²) in [5.41, 5.74) is 1.08. The molecule has 74 valence electrons. The van der Waals surface area contributed by atoms with E-state index in [0.717, 1.165) is 17.9 Å². The molecule has 0 saturated carbocycles. The Balaban J connectivity index is 2.41. The zero-order valence-corrected chi connectivity index (χ0v) is 8.54. The third kappa shape index (κ3) is 1.48. The molecule has 14 heavy (non-hydrogen) atoms. The van der Waals surface area contributed by atoms with Gasteiger partial charge in [0, 0.05) is 12.0 Å². The Labute approximate surface area is 84.2 Å². The summed E-state index contributed by atoms with van der Waals surface area (Å²) >= 11 is 0. The summed E-state index contributed by atoms with van der Waals surface area (Å²) in [7, 11) is 0. The van der Waals surface area contributed by atoms with Crippen LogP contribution in [0.15, 0.2) is 31.0 Å². The number of hydrogen-bond acceptors (Lipinski definition) is 2. The molecule has 0 spiro atoms. The lowest BCUT2D eigenvalue weighted by Crippen LogP contribution is -2.24. The van der Waals surface area contributed by atoms with Crippen LogP contribution in [0.4, 0.5) is 0 Å². The third-order valence-corrected chi connectivity index (χ3v) is 2.27. The molecule has 2 rings (SSSR count). The second-order valence-corrected chi connectivity index (χ2v) is 4.07. The lowest BCUT2D eigenvalue weighted by atomic mass is 10.0. The van der Waals surface area contributed by atoms with Crippen LogP contribution in [-0.4, -0.2) is 5.60 Å². The van der Waals surface area contributed by atoms with E-state index in [1.54, 1.807) is 0 Å². The standard InChI is InChI=1S/C12H14O2/c1-4-13-10-7-5-6-9-8-12(2,3)14-11(9)10/h4-7H,1,8H2,2-3H3. The van der Waals surface area contributed by atoms with E-state index in [9.17, 15) is 0 Å². The van der Waals surface area contributed by atoms with Crippen LogP contribution in [0.5, 0.6) is 11.5 Å². The highest BCUT2D eigenvalue weighted by Gasteiger charge is 2.32. The molecule has 1 aromatic rings. The van der Waals surface area contributed by atoms with Crippen LogP contribution >= 0.6 is 0 Å². The van der Waals surface area contributed by atoms with Gasteiger partial charge in [-0.25, -0.2) is 0 Å². The molecular formula is C12H14O2. The first kappa shape index (κ1) is 9.13. The SMILES string of the molecule is C=COc1cccc2c1OC(C)(C)C2. The van der Waals surface area contributed by atoms with Crippen molar-refractivity contribution in [2.45, 2.75) is 25.9 Å². The van der Waals surface area contributed by atoms with Crippen molar-refractivity contribution < 1.29 is 9.47 Å². The van der Waals surface area contributed by atoms with Gasteiger partial charge in [0.05, 0.1) is 6.26 Å². The molecular weight excluding hydrogens is 176 g/mol. The molecule has 2 heteroatoms. The molecule has 1 aromatic carbocycles. The van der Waals surface area contributed by atoms with Crippen LogP contribution in [-0.2, 0) is 6.42 Å². The largest absolute Gasteiger partial charge is 0.483 e. The lowest BCUT2D eigenvalue weighted by molar-refractivity contribution is 0.135. The fraction of sp³-hybridized carbons (Fsp3) is 0.333. The van der Waals surface area contributed by atoms with Gasteiger partial charge in [-0.15, -0.1) is 0 Å². The molecule has 1 aliphatic rings. The number of ether oxygens (including phenoxy) is 2. The Morgan fingerprint density at radius 1 is 1.50 bits per heavy atom. The number of hydrogen-bond donors (Lipinski definition) is 0. The van der Waals surface area contributed by atoms with Gasteiger partial charge in [0.15, 0.2) is 11.5 Å². The van der Waals surface area contributed by atoms with Crippen molar-refractivity contribution in [3.63, 3.8) is 0 Å². The molecule has 2 nitrogen and oxygen atoms in total. The third-order valence-electron chi connectivity index (χ3n) is 2.27. The first-order chi connectivity index (χ1) is 6.62. The van der Waals surface area contributed by atoms with Crippen LogP contribution in [0, 0.1) is 0 Å². The molecule has 0 amide bonds. The highest BCUT2D eigenvalue weighted by Crippen LogP contribution is 2.41. The van der Waals surface area contributed by atoms with Crippen LogP contribution in [0.25, 0.3) is 0 Å². The van der Waals surface area contributed by atoms with Crippen LogP contribution in [0.3, 0.4) is 0 Å². The average molecular weight is 190 g/mol. The monoisotopic (exact) mass is 190 g/mol. The molecule has 0 aliphatic carbocycles. The minimum absolute atomic E-state index is 0.122. The van der Waals surface area contributed by atoms with Crippen molar-refractivity contribution in [2.75, 3.05) is 0 Å². The Bertz CT molecular complexity index is 367. The molecule has 0 saturated heterocycles. The minimum atomic E-state index is -0.122. The van der Waals surface area contributed by atoms with Gasteiger partial charge in [0.1, 0.15) is 5.60 Å². The Morgan fingerprint density at radius 2 is 2.29 bits per heavy atom. The maximum Gasteiger partial charge on any atom is 0.168 e. The molecule has 0 aromatic heterocycles.